The van der Waals surface area contributed by atoms with E-state index >= 15 is 0 Å². The first-order chi connectivity index (χ1) is 9.04. The summed E-state index contributed by atoms with van der Waals surface area (Å²) in [7, 11) is 0. The van der Waals surface area contributed by atoms with Gasteiger partial charge in [0.2, 0.25) is 0 Å². The van der Waals surface area contributed by atoms with Crippen molar-refractivity contribution < 1.29 is 19.4 Å². The number of aliphatic imine (C=N–C) groups is 1. The van der Waals surface area contributed by atoms with Crippen LogP contribution in [0, 0.1) is 0 Å². The standard InChI is InChI=1S/C12H10N2O4S/c15-10(16)6-18-8-3-1-7(2-4-8)5-9-11(17)14-12(19)13-9/h1-4H,5-6H2,(H,15,16)(H,14,17,19). The van der Waals surface area contributed by atoms with Crippen LogP contribution in [-0.4, -0.2) is 34.4 Å². The molecule has 0 saturated heterocycles. The van der Waals surface area contributed by atoms with Gasteiger partial charge in [-0.25, -0.2) is 9.79 Å². The van der Waals surface area contributed by atoms with Crippen LogP contribution >= 0.6 is 12.2 Å². The second kappa shape index (κ2) is 5.57. The smallest absolute Gasteiger partial charge is 0.341 e. The summed E-state index contributed by atoms with van der Waals surface area (Å²) in [6.07, 6.45) is 0.366. The van der Waals surface area contributed by atoms with Gasteiger partial charge in [0, 0.05) is 6.42 Å². The number of amides is 1. The Kier molecular flexibility index (Phi) is 3.86. The number of nitrogens with zero attached hydrogens (tertiary/aromatic N) is 1. The molecule has 98 valence electrons. The minimum absolute atomic E-state index is 0.182. The second-order valence-electron chi connectivity index (χ2n) is 3.82. The van der Waals surface area contributed by atoms with Crippen molar-refractivity contribution in [3.63, 3.8) is 0 Å². The number of aliphatic carboxylic acids is 1. The minimum atomic E-state index is -1.03. The normalized spacial score (nSPS) is 14.0. The van der Waals surface area contributed by atoms with Crippen LogP contribution in [0.15, 0.2) is 29.3 Å². The quantitative estimate of drug-likeness (QED) is 0.768. The van der Waals surface area contributed by atoms with Gasteiger partial charge in [0.1, 0.15) is 11.5 Å². The number of ether oxygens (including phenoxy) is 1. The highest BCUT2D eigenvalue weighted by molar-refractivity contribution is 7.80. The van der Waals surface area contributed by atoms with Crippen molar-refractivity contribution in [2.24, 2.45) is 4.99 Å². The van der Waals surface area contributed by atoms with E-state index in [1.807, 2.05) is 0 Å². The van der Waals surface area contributed by atoms with Crippen molar-refractivity contribution in [3.05, 3.63) is 29.8 Å². The van der Waals surface area contributed by atoms with Crippen molar-refractivity contribution in [3.8, 4) is 5.75 Å². The third kappa shape index (κ3) is 3.59. The highest BCUT2D eigenvalue weighted by Crippen LogP contribution is 2.13. The highest BCUT2D eigenvalue weighted by atomic mass is 32.1. The van der Waals surface area contributed by atoms with E-state index in [-0.39, 0.29) is 17.6 Å². The molecule has 0 aliphatic carbocycles. The first-order valence-corrected chi connectivity index (χ1v) is 5.82. The number of benzene rings is 1. The molecular weight excluding hydrogens is 268 g/mol. The van der Waals surface area contributed by atoms with Gasteiger partial charge in [0.25, 0.3) is 5.91 Å². The number of hydrogen-bond donors (Lipinski definition) is 2. The molecule has 0 spiro atoms. The molecular formula is C12H10N2O4S. The van der Waals surface area contributed by atoms with E-state index in [0.717, 1.165) is 5.56 Å². The number of thiocarbonyl (C=S) groups is 1. The van der Waals surface area contributed by atoms with E-state index in [1.54, 1.807) is 24.3 Å². The zero-order chi connectivity index (χ0) is 13.8. The topological polar surface area (TPSA) is 88.0 Å². The lowest BCUT2D eigenvalue weighted by atomic mass is 10.1. The summed E-state index contributed by atoms with van der Waals surface area (Å²) in [5.74, 6) is -0.856. The SMILES string of the molecule is O=C(O)COc1ccc(CC2=NC(=S)NC2=O)cc1. The molecule has 6 nitrogen and oxygen atoms in total. The fourth-order valence-electron chi connectivity index (χ4n) is 1.53. The van der Waals surface area contributed by atoms with Crippen molar-refractivity contribution in [1.29, 1.82) is 0 Å². The van der Waals surface area contributed by atoms with Crippen molar-refractivity contribution >= 4 is 34.9 Å². The van der Waals surface area contributed by atoms with E-state index in [0.29, 0.717) is 17.9 Å². The van der Waals surface area contributed by atoms with Gasteiger partial charge in [-0.2, -0.15) is 0 Å². The summed E-state index contributed by atoms with van der Waals surface area (Å²) in [5.41, 5.74) is 1.23. The predicted molar refractivity (Wildman–Crippen MR) is 71.5 cm³/mol. The molecule has 1 aromatic carbocycles. The first-order valence-electron chi connectivity index (χ1n) is 5.41. The van der Waals surface area contributed by atoms with Crippen LogP contribution in [0.3, 0.4) is 0 Å². The Morgan fingerprint density at radius 1 is 1.37 bits per heavy atom. The lowest BCUT2D eigenvalue weighted by Crippen LogP contribution is -2.26. The van der Waals surface area contributed by atoms with Gasteiger partial charge < -0.3 is 9.84 Å². The molecule has 0 radical (unpaired) electrons. The molecule has 2 rings (SSSR count). The van der Waals surface area contributed by atoms with E-state index in [2.05, 4.69) is 10.3 Å². The van der Waals surface area contributed by atoms with Gasteiger partial charge in [-0.1, -0.05) is 12.1 Å². The third-order valence-electron chi connectivity index (χ3n) is 2.38. The van der Waals surface area contributed by atoms with Gasteiger partial charge in [0.05, 0.1) is 0 Å². The van der Waals surface area contributed by atoms with Gasteiger partial charge in [-0.05, 0) is 29.9 Å². The predicted octanol–water partition coefficient (Wildman–Crippen LogP) is 0.548. The average molecular weight is 278 g/mol. The number of hydrogen-bond acceptors (Lipinski definition) is 4. The number of carbonyl (C=O) groups is 2. The summed E-state index contributed by atoms with van der Waals surface area (Å²) in [6.45, 7) is -0.386. The molecule has 0 atom stereocenters. The molecule has 19 heavy (non-hydrogen) atoms. The van der Waals surface area contributed by atoms with Crippen molar-refractivity contribution in [2.75, 3.05) is 6.61 Å². The van der Waals surface area contributed by atoms with E-state index in [4.69, 9.17) is 22.1 Å². The van der Waals surface area contributed by atoms with E-state index < -0.39 is 5.97 Å². The number of carbonyl (C=O) groups excluding carboxylic acids is 1. The summed E-state index contributed by atoms with van der Waals surface area (Å²) in [6, 6.07) is 6.77. The van der Waals surface area contributed by atoms with Crippen molar-refractivity contribution in [1.82, 2.24) is 5.32 Å². The molecule has 1 aliphatic heterocycles. The van der Waals surface area contributed by atoms with Crippen LogP contribution in [-0.2, 0) is 16.0 Å². The Balaban J connectivity index is 1.99. The van der Waals surface area contributed by atoms with Gasteiger partial charge >= 0.3 is 5.97 Å². The van der Waals surface area contributed by atoms with Crippen LogP contribution in [0.4, 0.5) is 0 Å². The molecule has 0 fully saturated rings. The van der Waals surface area contributed by atoms with Gasteiger partial charge in [0.15, 0.2) is 11.7 Å². The molecule has 0 unspecified atom stereocenters. The monoisotopic (exact) mass is 278 g/mol. The molecule has 0 saturated carbocycles. The number of carboxylic acids is 1. The zero-order valence-electron chi connectivity index (χ0n) is 9.75. The lowest BCUT2D eigenvalue weighted by molar-refractivity contribution is -0.139. The van der Waals surface area contributed by atoms with Gasteiger partial charge in [-0.15, -0.1) is 0 Å². The van der Waals surface area contributed by atoms with Crippen LogP contribution in [0.25, 0.3) is 0 Å². The maximum atomic E-state index is 11.4. The van der Waals surface area contributed by atoms with Crippen LogP contribution < -0.4 is 10.1 Å². The Morgan fingerprint density at radius 3 is 2.58 bits per heavy atom. The van der Waals surface area contributed by atoms with Crippen LogP contribution in [0.5, 0.6) is 5.75 Å². The Hall–Kier alpha value is -2.28. The molecule has 1 aliphatic rings. The fraction of sp³-hybridized carbons (Fsp3) is 0.167. The molecule has 2 N–H and O–H groups in total. The Morgan fingerprint density at radius 2 is 2.05 bits per heavy atom. The van der Waals surface area contributed by atoms with Gasteiger partial charge in [-0.3, -0.25) is 10.1 Å². The molecule has 0 bridgehead atoms. The Labute approximate surface area is 114 Å². The number of rotatable bonds is 5. The largest absolute Gasteiger partial charge is 0.482 e. The maximum Gasteiger partial charge on any atom is 0.341 e. The summed E-state index contributed by atoms with van der Waals surface area (Å²) in [5, 5.41) is 11.1. The summed E-state index contributed by atoms with van der Waals surface area (Å²) >= 11 is 4.77. The number of carboxylic acid groups (broad SMARTS) is 1. The lowest BCUT2D eigenvalue weighted by Gasteiger charge is -2.04. The number of nitrogens with one attached hydrogen (secondary N) is 1. The van der Waals surface area contributed by atoms with E-state index in [9.17, 15) is 9.59 Å². The minimum Gasteiger partial charge on any atom is -0.482 e. The highest BCUT2D eigenvalue weighted by Gasteiger charge is 2.20. The average Bonchev–Trinajstić information content (AvgIpc) is 2.67. The third-order valence-corrected chi connectivity index (χ3v) is 2.57. The van der Waals surface area contributed by atoms with E-state index in [1.165, 1.54) is 0 Å². The van der Waals surface area contributed by atoms with Crippen molar-refractivity contribution in [2.45, 2.75) is 6.42 Å². The first kappa shape index (κ1) is 13.2. The summed E-state index contributed by atoms with van der Waals surface area (Å²) < 4.78 is 5.00. The zero-order valence-corrected chi connectivity index (χ0v) is 10.6. The fourth-order valence-corrected chi connectivity index (χ4v) is 1.74. The molecule has 1 amide bonds. The Bertz CT molecular complexity index is 566. The summed E-state index contributed by atoms with van der Waals surface area (Å²) in [4.78, 5) is 25.7. The molecule has 1 aromatic rings. The molecule has 1 heterocycles. The molecule has 7 heteroatoms. The van der Waals surface area contributed by atoms with Crippen LogP contribution in [0.2, 0.25) is 0 Å². The van der Waals surface area contributed by atoms with Crippen LogP contribution in [0.1, 0.15) is 5.56 Å². The molecule has 0 aromatic heterocycles. The maximum absolute atomic E-state index is 11.4. The second-order valence-corrected chi connectivity index (χ2v) is 4.21.